The monoisotopic (exact) mass is 407 g/mol. The maximum Gasteiger partial charge on any atom is 0.227 e. The topological polar surface area (TPSA) is 79.0 Å². The summed E-state index contributed by atoms with van der Waals surface area (Å²) in [5, 5.41) is 2.94. The van der Waals surface area contributed by atoms with Crippen molar-refractivity contribution in [2.24, 2.45) is 5.92 Å². The van der Waals surface area contributed by atoms with Crippen LogP contribution < -0.4 is 19.9 Å². The van der Waals surface area contributed by atoms with E-state index in [1.54, 1.807) is 23.0 Å². The molecule has 0 radical (unpaired) electrons. The molecule has 0 bridgehead atoms. The van der Waals surface area contributed by atoms with Crippen molar-refractivity contribution in [2.45, 2.75) is 25.8 Å². The summed E-state index contributed by atoms with van der Waals surface area (Å²) in [4.78, 5) is 40.5. The third-order valence-electron chi connectivity index (χ3n) is 5.62. The Morgan fingerprint density at radius 1 is 1.07 bits per heavy atom. The van der Waals surface area contributed by atoms with Crippen LogP contribution in [0, 0.1) is 5.92 Å². The minimum Gasteiger partial charge on any atom is -0.497 e. The van der Waals surface area contributed by atoms with Gasteiger partial charge in [0.1, 0.15) is 5.75 Å². The molecule has 1 unspecified atom stereocenters. The Hall–Kier alpha value is -3.35. The molecule has 7 heteroatoms. The van der Waals surface area contributed by atoms with Crippen LogP contribution in [0.15, 0.2) is 48.5 Å². The summed E-state index contributed by atoms with van der Waals surface area (Å²) in [6.45, 7) is 1.44. The quantitative estimate of drug-likeness (QED) is 0.798. The average molecular weight is 407 g/mol. The summed E-state index contributed by atoms with van der Waals surface area (Å²) in [6, 6.07) is 14.9. The molecule has 0 spiro atoms. The summed E-state index contributed by atoms with van der Waals surface area (Å²) in [7, 11) is 1.58. The maximum absolute atomic E-state index is 12.7. The van der Waals surface area contributed by atoms with Gasteiger partial charge in [0.05, 0.1) is 13.0 Å². The highest BCUT2D eigenvalue weighted by Crippen LogP contribution is 2.28. The number of ether oxygens (including phenoxy) is 1. The zero-order valence-corrected chi connectivity index (χ0v) is 17.0. The first-order valence-corrected chi connectivity index (χ1v) is 10.2. The number of rotatable bonds is 6. The van der Waals surface area contributed by atoms with Gasteiger partial charge >= 0.3 is 0 Å². The van der Waals surface area contributed by atoms with E-state index in [-0.39, 0.29) is 24.1 Å². The standard InChI is InChI=1S/C23H25N3O4/c1-30-20-8-3-7-19(13-20)26-15-17(12-22(26)28)23(29)24-14-16-5-2-6-18(11-16)25-10-4-9-21(25)27/h2-3,5-8,11,13,17H,4,9-10,12,14-15H2,1H3,(H,24,29). The highest BCUT2D eigenvalue weighted by atomic mass is 16.5. The molecule has 2 aliphatic heterocycles. The zero-order valence-electron chi connectivity index (χ0n) is 17.0. The van der Waals surface area contributed by atoms with E-state index in [0.29, 0.717) is 25.3 Å². The number of methoxy groups -OCH3 is 1. The van der Waals surface area contributed by atoms with Crippen LogP contribution in [0.4, 0.5) is 11.4 Å². The Morgan fingerprint density at radius 3 is 2.57 bits per heavy atom. The molecule has 1 N–H and O–H groups in total. The van der Waals surface area contributed by atoms with Crippen LogP contribution in [-0.2, 0) is 20.9 Å². The van der Waals surface area contributed by atoms with Crippen molar-refractivity contribution < 1.29 is 19.1 Å². The molecule has 156 valence electrons. The third kappa shape index (κ3) is 4.15. The Morgan fingerprint density at radius 2 is 1.83 bits per heavy atom. The lowest BCUT2D eigenvalue weighted by molar-refractivity contribution is -0.126. The average Bonchev–Trinajstić information content (AvgIpc) is 3.38. The number of amides is 3. The predicted octanol–water partition coefficient (Wildman–Crippen LogP) is 2.49. The number of benzene rings is 2. The maximum atomic E-state index is 12.7. The zero-order chi connectivity index (χ0) is 21.1. The second-order valence-electron chi connectivity index (χ2n) is 7.64. The van der Waals surface area contributed by atoms with Crippen molar-refractivity contribution in [3.8, 4) is 5.75 Å². The molecule has 0 saturated carbocycles. The molecule has 2 aromatic rings. The number of carbonyl (C=O) groups is 3. The molecule has 0 aromatic heterocycles. The van der Waals surface area contributed by atoms with Gasteiger partial charge in [-0.05, 0) is 36.2 Å². The van der Waals surface area contributed by atoms with Crippen LogP contribution in [0.5, 0.6) is 5.75 Å². The molecule has 4 rings (SSSR count). The van der Waals surface area contributed by atoms with Crippen LogP contribution in [0.3, 0.4) is 0 Å². The van der Waals surface area contributed by atoms with Crippen molar-refractivity contribution in [1.29, 1.82) is 0 Å². The van der Waals surface area contributed by atoms with E-state index in [0.717, 1.165) is 29.9 Å². The third-order valence-corrected chi connectivity index (χ3v) is 5.62. The Labute approximate surface area is 175 Å². The first-order chi connectivity index (χ1) is 14.5. The van der Waals surface area contributed by atoms with Crippen molar-refractivity contribution in [3.05, 3.63) is 54.1 Å². The van der Waals surface area contributed by atoms with Crippen molar-refractivity contribution in [2.75, 3.05) is 30.0 Å². The second-order valence-corrected chi connectivity index (χ2v) is 7.64. The fraction of sp³-hybridized carbons (Fsp3) is 0.348. The normalized spacial score (nSPS) is 18.8. The summed E-state index contributed by atoms with van der Waals surface area (Å²) in [5.41, 5.74) is 2.52. The van der Waals surface area contributed by atoms with Gasteiger partial charge in [0, 0.05) is 49.9 Å². The molecule has 2 fully saturated rings. The lowest BCUT2D eigenvalue weighted by atomic mass is 10.1. The van der Waals surface area contributed by atoms with E-state index in [1.165, 1.54) is 0 Å². The molecule has 2 heterocycles. The number of carbonyl (C=O) groups excluding carboxylic acids is 3. The Balaban J connectivity index is 1.37. The van der Waals surface area contributed by atoms with Gasteiger partial charge in [-0.1, -0.05) is 18.2 Å². The fourth-order valence-electron chi connectivity index (χ4n) is 4.00. The van der Waals surface area contributed by atoms with Crippen molar-refractivity contribution in [1.82, 2.24) is 5.32 Å². The molecule has 2 aliphatic rings. The van der Waals surface area contributed by atoms with Gasteiger partial charge in [0.25, 0.3) is 0 Å². The van der Waals surface area contributed by atoms with Crippen LogP contribution >= 0.6 is 0 Å². The van der Waals surface area contributed by atoms with Gasteiger partial charge in [0.2, 0.25) is 17.7 Å². The molecular weight excluding hydrogens is 382 g/mol. The van der Waals surface area contributed by atoms with E-state index >= 15 is 0 Å². The summed E-state index contributed by atoms with van der Waals surface area (Å²) < 4.78 is 5.22. The van der Waals surface area contributed by atoms with Crippen LogP contribution in [0.1, 0.15) is 24.8 Å². The van der Waals surface area contributed by atoms with Crippen molar-refractivity contribution >= 4 is 29.1 Å². The first kappa shape index (κ1) is 19.9. The van der Waals surface area contributed by atoms with Crippen molar-refractivity contribution in [3.63, 3.8) is 0 Å². The summed E-state index contributed by atoms with van der Waals surface area (Å²) in [5.74, 6) is 0.198. The van der Waals surface area contributed by atoms with Crippen LogP contribution in [-0.4, -0.2) is 37.9 Å². The lowest BCUT2D eigenvalue weighted by Gasteiger charge is -2.18. The number of nitrogens with zero attached hydrogens (tertiary/aromatic N) is 2. The molecule has 0 aliphatic carbocycles. The minimum absolute atomic E-state index is 0.0713. The lowest BCUT2D eigenvalue weighted by Crippen LogP contribution is -2.32. The molecule has 30 heavy (non-hydrogen) atoms. The Kier molecular flexibility index (Phi) is 5.70. The minimum atomic E-state index is -0.396. The highest BCUT2D eigenvalue weighted by molar-refractivity contribution is 6.00. The van der Waals surface area contributed by atoms with Crippen LogP contribution in [0.2, 0.25) is 0 Å². The molecule has 2 aromatic carbocycles. The summed E-state index contributed by atoms with van der Waals surface area (Å²) in [6.07, 6.45) is 1.64. The second kappa shape index (κ2) is 8.57. The summed E-state index contributed by atoms with van der Waals surface area (Å²) >= 11 is 0. The van der Waals surface area contributed by atoms with E-state index in [1.807, 2.05) is 42.5 Å². The van der Waals surface area contributed by atoms with E-state index in [4.69, 9.17) is 4.74 Å². The van der Waals surface area contributed by atoms with Gasteiger partial charge in [-0.15, -0.1) is 0 Å². The van der Waals surface area contributed by atoms with Gasteiger partial charge in [-0.3, -0.25) is 14.4 Å². The number of hydrogen-bond acceptors (Lipinski definition) is 4. The number of hydrogen-bond donors (Lipinski definition) is 1. The van der Waals surface area contributed by atoms with Gasteiger partial charge in [-0.25, -0.2) is 0 Å². The van der Waals surface area contributed by atoms with E-state index in [9.17, 15) is 14.4 Å². The first-order valence-electron chi connectivity index (χ1n) is 10.2. The number of anilines is 2. The van der Waals surface area contributed by atoms with E-state index < -0.39 is 5.92 Å². The van der Waals surface area contributed by atoms with Gasteiger partial charge in [0.15, 0.2) is 0 Å². The van der Waals surface area contributed by atoms with Gasteiger partial charge < -0.3 is 19.9 Å². The molecule has 2 saturated heterocycles. The fourth-order valence-corrected chi connectivity index (χ4v) is 4.00. The highest BCUT2D eigenvalue weighted by Gasteiger charge is 2.35. The number of nitrogens with one attached hydrogen (secondary N) is 1. The molecule has 7 nitrogen and oxygen atoms in total. The SMILES string of the molecule is COc1cccc(N2CC(C(=O)NCc3cccc(N4CCCC4=O)c3)CC2=O)c1. The smallest absolute Gasteiger partial charge is 0.227 e. The predicted molar refractivity (Wildman–Crippen MR) is 113 cm³/mol. The largest absolute Gasteiger partial charge is 0.497 e. The van der Waals surface area contributed by atoms with E-state index in [2.05, 4.69) is 5.32 Å². The Bertz CT molecular complexity index is 974. The molecule has 1 atom stereocenters. The van der Waals surface area contributed by atoms with Gasteiger partial charge in [-0.2, -0.15) is 0 Å². The molecular formula is C23H25N3O4. The van der Waals surface area contributed by atoms with Crippen LogP contribution in [0.25, 0.3) is 0 Å². The molecule has 3 amide bonds.